The summed E-state index contributed by atoms with van der Waals surface area (Å²) in [5, 5.41) is 3.91. The molecule has 1 aromatic heterocycles. The van der Waals surface area contributed by atoms with Crippen molar-refractivity contribution >= 4 is 66.8 Å². The quantitative estimate of drug-likeness (QED) is 0.330. The SMILES string of the molecule is CC(C)CCCS(=O)(=O)c1ccc(Nc2nc(N)c(C(=O)c3c(Cl)cccc3Cl)s2)cc1. The molecule has 3 aromatic rings. The predicted octanol–water partition coefficient (Wildman–Crippen LogP) is 6.22. The van der Waals surface area contributed by atoms with Gasteiger partial charge in [0, 0.05) is 5.69 Å². The van der Waals surface area contributed by atoms with E-state index in [-0.39, 0.29) is 37.0 Å². The first-order valence-corrected chi connectivity index (χ1v) is 13.2. The van der Waals surface area contributed by atoms with E-state index in [1.807, 2.05) is 0 Å². The maximum atomic E-state index is 12.9. The Hall–Kier alpha value is -2.13. The van der Waals surface area contributed by atoms with Crippen LogP contribution in [0.1, 0.15) is 41.9 Å². The van der Waals surface area contributed by atoms with Crippen LogP contribution in [0.25, 0.3) is 0 Å². The van der Waals surface area contributed by atoms with Gasteiger partial charge >= 0.3 is 0 Å². The average molecular weight is 512 g/mol. The van der Waals surface area contributed by atoms with Gasteiger partial charge in [-0.3, -0.25) is 4.79 Å². The Bertz CT molecular complexity index is 1200. The first kappa shape index (κ1) is 24.5. The molecule has 6 nitrogen and oxygen atoms in total. The van der Waals surface area contributed by atoms with Crippen LogP contribution < -0.4 is 11.1 Å². The summed E-state index contributed by atoms with van der Waals surface area (Å²) in [7, 11) is -3.33. The number of nitrogens with zero attached hydrogens (tertiary/aromatic N) is 1. The maximum absolute atomic E-state index is 12.9. The van der Waals surface area contributed by atoms with Crippen molar-refractivity contribution in [1.29, 1.82) is 0 Å². The van der Waals surface area contributed by atoms with Crippen LogP contribution in [0.3, 0.4) is 0 Å². The monoisotopic (exact) mass is 511 g/mol. The zero-order chi connectivity index (χ0) is 23.5. The van der Waals surface area contributed by atoms with E-state index >= 15 is 0 Å². The van der Waals surface area contributed by atoms with Crippen LogP contribution in [0.2, 0.25) is 10.0 Å². The highest BCUT2D eigenvalue weighted by molar-refractivity contribution is 7.91. The van der Waals surface area contributed by atoms with Gasteiger partial charge in [0.25, 0.3) is 0 Å². The van der Waals surface area contributed by atoms with E-state index < -0.39 is 15.6 Å². The molecular weight excluding hydrogens is 489 g/mol. The van der Waals surface area contributed by atoms with E-state index in [9.17, 15) is 13.2 Å². The number of benzene rings is 2. The molecule has 0 atom stereocenters. The van der Waals surface area contributed by atoms with Gasteiger partial charge in [0.05, 0.1) is 26.3 Å². The molecule has 1 heterocycles. The molecule has 0 fully saturated rings. The number of anilines is 3. The molecule has 3 N–H and O–H groups in total. The minimum Gasteiger partial charge on any atom is -0.382 e. The van der Waals surface area contributed by atoms with Gasteiger partial charge in [-0.2, -0.15) is 0 Å². The second kappa shape index (κ2) is 10.2. The van der Waals surface area contributed by atoms with Gasteiger partial charge in [0.15, 0.2) is 15.0 Å². The normalized spacial score (nSPS) is 11.7. The predicted molar refractivity (Wildman–Crippen MR) is 132 cm³/mol. The van der Waals surface area contributed by atoms with Crippen LogP contribution in [0.15, 0.2) is 47.4 Å². The minimum atomic E-state index is -3.33. The fourth-order valence-electron chi connectivity index (χ4n) is 3.04. The zero-order valence-electron chi connectivity index (χ0n) is 17.6. The van der Waals surface area contributed by atoms with Crippen molar-refractivity contribution in [2.45, 2.75) is 31.6 Å². The number of ketones is 1. The van der Waals surface area contributed by atoms with Crippen LogP contribution in [-0.4, -0.2) is 24.9 Å². The summed E-state index contributed by atoms with van der Waals surface area (Å²) in [6.45, 7) is 4.14. The number of nitrogens with one attached hydrogen (secondary N) is 1. The molecule has 0 saturated carbocycles. The van der Waals surface area contributed by atoms with E-state index in [1.54, 1.807) is 42.5 Å². The van der Waals surface area contributed by atoms with E-state index in [4.69, 9.17) is 28.9 Å². The molecule has 170 valence electrons. The third kappa shape index (κ3) is 5.81. The van der Waals surface area contributed by atoms with E-state index in [2.05, 4.69) is 24.1 Å². The molecule has 3 rings (SSSR count). The molecule has 0 radical (unpaired) electrons. The molecule has 0 aliphatic heterocycles. The number of nitrogens with two attached hydrogens (primary N) is 1. The lowest BCUT2D eigenvalue weighted by Gasteiger charge is -2.08. The summed E-state index contributed by atoms with van der Waals surface area (Å²) in [5.41, 5.74) is 6.75. The molecule has 0 aliphatic rings. The third-order valence-corrected chi connectivity index (χ3v) is 8.14. The Morgan fingerprint density at radius 2 is 1.75 bits per heavy atom. The molecule has 2 aromatic carbocycles. The summed E-state index contributed by atoms with van der Waals surface area (Å²) in [5.74, 6) is 0.236. The highest BCUT2D eigenvalue weighted by Gasteiger charge is 2.23. The number of rotatable bonds is 9. The largest absolute Gasteiger partial charge is 0.382 e. The summed E-state index contributed by atoms with van der Waals surface area (Å²) >= 11 is 13.3. The molecule has 32 heavy (non-hydrogen) atoms. The smallest absolute Gasteiger partial charge is 0.209 e. The standard InChI is InChI=1S/C22H23Cl2N3O3S2/c1-13(2)5-4-12-32(29,30)15-10-8-14(9-11-15)26-22-27-21(25)20(31-22)19(28)18-16(23)6-3-7-17(18)24/h3,6-11,13H,4-5,12,25H2,1-2H3,(H,26,27). The Kier molecular flexibility index (Phi) is 7.82. The second-order valence-corrected chi connectivity index (χ2v) is 11.6. The van der Waals surface area contributed by atoms with Crippen LogP contribution in [0.4, 0.5) is 16.6 Å². The number of nitrogen functional groups attached to an aromatic ring is 1. The van der Waals surface area contributed by atoms with Crippen molar-refractivity contribution in [3.05, 3.63) is 63.0 Å². The molecular formula is C22H23Cl2N3O3S2. The minimum absolute atomic E-state index is 0.0582. The molecule has 0 spiro atoms. The van der Waals surface area contributed by atoms with E-state index in [1.165, 1.54) is 0 Å². The third-order valence-electron chi connectivity index (χ3n) is 4.71. The van der Waals surface area contributed by atoms with Crippen LogP contribution in [-0.2, 0) is 9.84 Å². The number of halogens is 2. The average Bonchev–Trinajstić information content (AvgIpc) is 3.07. The van der Waals surface area contributed by atoms with Crippen molar-refractivity contribution < 1.29 is 13.2 Å². The number of carbonyl (C=O) groups excluding carboxylic acids is 1. The number of hydrogen-bond donors (Lipinski definition) is 2. The van der Waals surface area contributed by atoms with Crippen molar-refractivity contribution in [1.82, 2.24) is 4.98 Å². The number of hydrogen-bond acceptors (Lipinski definition) is 7. The van der Waals surface area contributed by atoms with Gasteiger partial charge in [0.1, 0.15) is 10.7 Å². The van der Waals surface area contributed by atoms with Crippen LogP contribution >= 0.6 is 34.5 Å². The van der Waals surface area contributed by atoms with Gasteiger partial charge in [-0.25, -0.2) is 13.4 Å². The zero-order valence-corrected chi connectivity index (χ0v) is 20.7. The van der Waals surface area contributed by atoms with Crippen molar-refractivity contribution in [2.75, 3.05) is 16.8 Å². The molecule has 0 bridgehead atoms. The molecule has 10 heteroatoms. The number of sulfone groups is 1. The lowest BCUT2D eigenvalue weighted by molar-refractivity contribution is 0.104. The van der Waals surface area contributed by atoms with Gasteiger partial charge in [-0.05, 0) is 55.2 Å². The lowest BCUT2D eigenvalue weighted by Crippen LogP contribution is -2.07. The first-order chi connectivity index (χ1) is 15.1. The number of aromatic nitrogens is 1. The van der Waals surface area contributed by atoms with Crippen LogP contribution in [0, 0.1) is 5.92 Å². The van der Waals surface area contributed by atoms with Gasteiger partial charge < -0.3 is 11.1 Å². The first-order valence-electron chi connectivity index (χ1n) is 9.93. The Morgan fingerprint density at radius 1 is 1.12 bits per heavy atom. The van der Waals surface area contributed by atoms with Crippen molar-refractivity contribution in [3.63, 3.8) is 0 Å². The topological polar surface area (TPSA) is 102 Å². The summed E-state index contributed by atoms with van der Waals surface area (Å²) in [6.07, 6.45) is 1.50. The molecule has 0 unspecified atom stereocenters. The van der Waals surface area contributed by atoms with Gasteiger partial charge in [-0.15, -0.1) is 0 Å². The Morgan fingerprint density at radius 3 is 2.34 bits per heavy atom. The Balaban J connectivity index is 1.74. The summed E-state index contributed by atoms with van der Waals surface area (Å²) in [4.78, 5) is 17.6. The number of thiazole rings is 1. The van der Waals surface area contributed by atoms with Crippen LogP contribution in [0.5, 0.6) is 0 Å². The highest BCUT2D eigenvalue weighted by Crippen LogP contribution is 2.34. The van der Waals surface area contributed by atoms with Gasteiger partial charge in [-0.1, -0.05) is 54.5 Å². The molecule has 0 saturated heterocycles. The molecule has 0 amide bonds. The lowest BCUT2D eigenvalue weighted by atomic mass is 10.1. The van der Waals surface area contributed by atoms with Gasteiger partial charge in [0.2, 0.25) is 5.78 Å². The summed E-state index contributed by atoms with van der Waals surface area (Å²) < 4.78 is 25.0. The Labute approximate surface area is 201 Å². The fraction of sp³-hybridized carbons (Fsp3) is 0.273. The van der Waals surface area contributed by atoms with Crippen molar-refractivity contribution in [3.8, 4) is 0 Å². The second-order valence-electron chi connectivity index (χ2n) is 7.66. The molecule has 0 aliphatic carbocycles. The van der Waals surface area contributed by atoms with Crippen molar-refractivity contribution in [2.24, 2.45) is 5.92 Å². The summed E-state index contributed by atoms with van der Waals surface area (Å²) in [6, 6.07) is 11.2. The fourth-order valence-corrected chi connectivity index (χ4v) is 5.80. The highest BCUT2D eigenvalue weighted by atomic mass is 35.5. The van der Waals surface area contributed by atoms with E-state index in [0.717, 1.165) is 17.8 Å². The maximum Gasteiger partial charge on any atom is 0.209 e. The van der Waals surface area contributed by atoms with E-state index in [0.29, 0.717) is 23.2 Å². The number of carbonyl (C=O) groups is 1.